The summed E-state index contributed by atoms with van der Waals surface area (Å²) in [5.41, 5.74) is 2.13. The van der Waals surface area contributed by atoms with Crippen LogP contribution in [0.4, 0.5) is 0 Å². The molecule has 1 unspecified atom stereocenters. The lowest BCUT2D eigenvalue weighted by atomic mass is 10.1. The number of hydrogen-bond donors (Lipinski definition) is 0. The summed E-state index contributed by atoms with van der Waals surface area (Å²) >= 11 is 0. The van der Waals surface area contributed by atoms with Gasteiger partial charge in [-0.3, -0.25) is 4.98 Å². The highest BCUT2D eigenvalue weighted by Gasteiger charge is 2.30. The van der Waals surface area contributed by atoms with Crippen LogP contribution in [0.25, 0.3) is 10.9 Å². The summed E-state index contributed by atoms with van der Waals surface area (Å²) in [5.74, 6) is 0.808. The van der Waals surface area contributed by atoms with Crippen molar-refractivity contribution in [3.8, 4) is 5.75 Å². The Morgan fingerprint density at radius 1 is 1.41 bits per heavy atom. The number of benzene rings is 1. The van der Waals surface area contributed by atoms with E-state index in [1.165, 1.54) is 5.56 Å². The zero-order chi connectivity index (χ0) is 12.0. The van der Waals surface area contributed by atoms with Gasteiger partial charge in [0.25, 0.3) is 0 Å². The van der Waals surface area contributed by atoms with Gasteiger partial charge in [0.2, 0.25) is 0 Å². The topological polar surface area (TPSA) is 39.2 Å². The van der Waals surface area contributed by atoms with Gasteiger partial charge in [0.15, 0.2) is 0 Å². The van der Waals surface area contributed by atoms with Crippen molar-refractivity contribution in [3.63, 3.8) is 0 Å². The minimum Gasteiger partial charge on any atom is -0.497 e. The molecule has 1 aromatic heterocycles. The van der Waals surface area contributed by atoms with Crippen molar-refractivity contribution in [2.45, 2.75) is 6.42 Å². The van der Waals surface area contributed by atoms with Gasteiger partial charge >= 0.3 is 0 Å². The van der Waals surface area contributed by atoms with Crippen LogP contribution in [0.3, 0.4) is 0 Å². The van der Waals surface area contributed by atoms with E-state index in [4.69, 9.17) is 4.74 Å². The Balaban J connectivity index is 2.31. The highest BCUT2D eigenvalue weighted by atomic mass is 31.2. The molecule has 3 rings (SSSR count). The van der Waals surface area contributed by atoms with Gasteiger partial charge in [-0.1, -0.05) is 0 Å². The molecule has 0 bridgehead atoms. The molecule has 4 heteroatoms. The zero-order valence-electron chi connectivity index (χ0n) is 9.93. The first kappa shape index (κ1) is 10.8. The Hall–Kier alpha value is -1.34. The molecule has 0 saturated carbocycles. The van der Waals surface area contributed by atoms with Crippen LogP contribution in [0.5, 0.6) is 5.75 Å². The predicted molar refractivity (Wildman–Crippen MR) is 70.0 cm³/mol. The summed E-state index contributed by atoms with van der Waals surface area (Å²) in [6.45, 7) is 1.86. The molecule has 2 aromatic rings. The Morgan fingerprint density at radius 2 is 2.24 bits per heavy atom. The highest BCUT2D eigenvalue weighted by Crippen LogP contribution is 2.47. The summed E-state index contributed by atoms with van der Waals surface area (Å²) in [4.78, 5) is 4.40. The maximum atomic E-state index is 12.3. The Morgan fingerprint density at radius 3 is 3.00 bits per heavy atom. The lowest BCUT2D eigenvalue weighted by Gasteiger charge is -2.08. The number of ether oxygens (including phenoxy) is 1. The van der Waals surface area contributed by atoms with Crippen LogP contribution < -0.4 is 10.0 Å². The van der Waals surface area contributed by atoms with E-state index < -0.39 is 7.14 Å². The molecule has 1 aliphatic heterocycles. The van der Waals surface area contributed by atoms with Crippen LogP contribution >= 0.6 is 7.14 Å². The third kappa shape index (κ3) is 1.57. The maximum Gasteiger partial charge on any atom is 0.121 e. The standard InChI is InChI=1S/C13H14NO2P/c1-16-9-3-4-10-11-5-6-17(2,15)13(11)8-14-12(10)7-9/h3-4,7-8H,5-6H2,1-2H3. The second-order valence-electron chi connectivity index (χ2n) is 4.58. The van der Waals surface area contributed by atoms with Crippen LogP contribution in [-0.2, 0) is 11.0 Å². The molecule has 0 amide bonds. The second-order valence-corrected chi connectivity index (χ2v) is 7.71. The summed E-state index contributed by atoms with van der Waals surface area (Å²) in [6.07, 6.45) is 3.45. The molecule has 0 fully saturated rings. The minimum absolute atomic E-state index is 0.773. The average molecular weight is 247 g/mol. The quantitative estimate of drug-likeness (QED) is 0.726. The highest BCUT2D eigenvalue weighted by molar-refractivity contribution is 7.71. The molecule has 0 saturated heterocycles. The Bertz CT molecular complexity index is 651. The monoisotopic (exact) mass is 247 g/mol. The van der Waals surface area contributed by atoms with Crippen LogP contribution in [0.2, 0.25) is 0 Å². The van der Waals surface area contributed by atoms with E-state index in [2.05, 4.69) is 4.98 Å². The molecule has 0 radical (unpaired) electrons. The van der Waals surface area contributed by atoms with Crippen LogP contribution in [0, 0.1) is 0 Å². The Labute approximate surface area is 100 Å². The number of pyridine rings is 1. The van der Waals surface area contributed by atoms with Crippen LogP contribution in [0.1, 0.15) is 5.56 Å². The van der Waals surface area contributed by atoms with E-state index in [0.717, 1.165) is 34.5 Å². The molecule has 1 atom stereocenters. The number of aromatic nitrogens is 1. The van der Waals surface area contributed by atoms with Gasteiger partial charge in [0.1, 0.15) is 12.9 Å². The fourth-order valence-electron chi connectivity index (χ4n) is 2.46. The summed E-state index contributed by atoms with van der Waals surface area (Å²) < 4.78 is 17.5. The maximum absolute atomic E-state index is 12.3. The van der Waals surface area contributed by atoms with Crippen molar-refractivity contribution < 1.29 is 9.30 Å². The van der Waals surface area contributed by atoms with Crippen LogP contribution in [0.15, 0.2) is 24.4 Å². The average Bonchev–Trinajstić information content (AvgIpc) is 2.65. The van der Waals surface area contributed by atoms with Gasteiger partial charge in [-0.25, -0.2) is 0 Å². The molecule has 0 N–H and O–H groups in total. The van der Waals surface area contributed by atoms with Crippen molar-refractivity contribution in [1.82, 2.24) is 4.98 Å². The first-order valence-corrected chi connectivity index (χ1v) is 7.98. The van der Waals surface area contributed by atoms with E-state index in [0.29, 0.717) is 0 Å². The van der Waals surface area contributed by atoms with Gasteiger partial charge in [-0.05, 0) is 30.8 Å². The molecular weight excluding hydrogens is 233 g/mol. The smallest absolute Gasteiger partial charge is 0.121 e. The lowest BCUT2D eigenvalue weighted by Crippen LogP contribution is -2.05. The van der Waals surface area contributed by atoms with Crippen molar-refractivity contribution in [2.75, 3.05) is 19.9 Å². The largest absolute Gasteiger partial charge is 0.497 e. The molecule has 2 heterocycles. The first-order valence-electron chi connectivity index (χ1n) is 5.64. The number of fused-ring (bicyclic) bond motifs is 3. The minimum atomic E-state index is -2.15. The molecule has 0 aliphatic carbocycles. The molecule has 3 nitrogen and oxygen atoms in total. The third-order valence-corrected chi connectivity index (χ3v) is 5.94. The van der Waals surface area contributed by atoms with E-state index in [-0.39, 0.29) is 0 Å². The molecule has 88 valence electrons. The fraction of sp³-hybridized carbons (Fsp3) is 0.308. The molecule has 1 aliphatic rings. The Kier molecular flexibility index (Phi) is 2.27. The van der Waals surface area contributed by atoms with Crippen molar-refractivity contribution >= 4 is 23.3 Å². The number of methoxy groups -OCH3 is 1. The van der Waals surface area contributed by atoms with Gasteiger partial charge in [-0.2, -0.15) is 0 Å². The molecular formula is C13H14NO2P. The number of rotatable bonds is 1. The first-order chi connectivity index (χ1) is 8.12. The number of aryl methyl sites for hydroxylation is 1. The third-order valence-electron chi connectivity index (χ3n) is 3.46. The fourth-order valence-corrected chi connectivity index (χ4v) is 4.46. The molecule has 0 spiro atoms. The SMILES string of the molecule is COc1ccc2c3c(cnc2c1)P(C)(=O)CC3. The predicted octanol–water partition coefficient (Wildman–Crippen LogP) is 2.42. The lowest BCUT2D eigenvalue weighted by molar-refractivity contribution is 0.415. The number of hydrogen-bond acceptors (Lipinski definition) is 3. The summed E-state index contributed by atoms with van der Waals surface area (Å²) in [6, 6.07) is 5.88. The molecule has 17 heavy (non-hydrogen) atoms. The second kappa shape index (κ2) is 3.58. The van der Waals surface area contributed by atoms with Gasteiger partial charge < -0.3 is 9.30 Å². The van der Waals surface area contributed by atoms with E-state index in [1.807, 2.05) is 24.9 Å². The van der Waals surface area contributed by atoms with Gasteiger partial charge in [0, 0.05) is 29.1 Å². The van der Waals surface area contributed by atoms with E-state index in [1.54, 1.807) is 13.3 Å². The number of nitrogens with zero attached hydrogens (tertiary/aromatic N) is 1. The van der Waals surface area contributed by atoms with E-state index in [9.17, 15) is 4.57 Å². The van der Waals surface area contributed by atoms with Gasteiger partial charge in [-0.15, -0.1) is 0 Å². The normalized spacial score (nSPS) is 22.7. The van der Waals surface area contributed by atoms with Crippen molar-refractivity contribution in [3.05, 3.63) is 30.0 Å². The van der Waals surface area contributed by atoms with Crippen molar-refractivity contribution in [1.29, 1.82) is 0 Å². The summed E-state index contributed by atoms with van der Waals surface area (Å²) in [7, 11) is -0.502. The van der Waals surface area contributed by atoms with Gasteiger partial charge in [0.05, 0.1) is 12.6 Å². The van der Waals surface area contributed by atoms with Crippen molar-refractivity contribution in [2.24, 2.45) is 0 Å². The summed E-state index contributed by atoms with van der Waals surface area (Å²) in [5, 5.41) is 2.08. The van der Waals surface area contributed by atoms with E-state index >= 15 is 0 Å². The van der Waals surface area contributed by atoms with Crippen LogP contribution in [-0.4, -0.2) is 24.9 Å². The zero-order valence-corrected chi connectivity index (χ0v) is 10.8. The molecule has 1 aromatic carbocycles.